The lowest BCUT2D eigenvalue weighted by atomic mass is 9.80. The summed E-state index contributed by atoms with van der Waals surface area (Å²) >= 11 is 0. The molecule has 6 atom stereocenters. The normalized spacial score (nSPS) is 23.7. The number of nitrogens with one attached hydrogen (secondary N) is 2. The third-order valence-electron chi connectivity index (χ3n) is 6.37. The molecule has 0 heterocycles. The number of rotatable bonds is 10. The van der Waals surface area contributed by atoms with E-state index in [1.54, 1.807) is 27.7 Å². The summed E-state index contributed by atoms with van der Waals surface area (Å²) in [5.41, 5.74) is 5.20. The summed E-state index contributed by atoms with van der Waals surface area (Å²) in [5, 5.41) is 16.4. The maximum atomic E-state index is 12.6. The molecule has 0 radical (unpaired) electrons. The third-order valence-corrected chi connectivity index (χ3v) is 6.37. The van der Waals surface area contributed by atoms with E-state index < -0.39 is 59.8 Å². The fourth-order valence-electron chi connectivity index (χ4n) is 4.53. The van der Waals surface area contributed by atoms with E-state index in [2.05, 4.69) is 15.6 Å². The van der Waals surface area contributed by atoms with Crippen LogP contribution in [0.2, 0.25) is 0 Å². The molecule has 0 aromatic rings. The van der Waals surface area contributed by atoms with Crippen molar-refractivity contribution in [2.75, 3.05) is 6.61 Å². The minimum atomic E-state index is -1.17. The highest BCUT2D eigenvalue weighted by Gasteiger charge is 2.51. The first-order valence-corrected chi connectivity index (χ1v) is 12.8. The van der Waals surface area contributed by atoms with E-state index >= 15 is 0 Å². The number of hydrogen-bond donors (Lipinski definition) is 4. The van der Waals surface area contributed by atoms with Gasteiger partial charge in [-0.15, -0.1) is 0 Å². The smallest absolute Gasteiger partial charge is 0.417 e. The predicted octanol–water partition coefficient (Wildman–Crippen LogP) is 1.83. The van der Waals surface area contributed by atoms with Crippen LogP contribution in [-0.4, -0.2) is 66.1 Å². The van der Waals surface area contributed by atoms with Gasteiger partial charge in [-0.1, -0.05) is 26.7 Å². The average Bonchev–Trinajstić information content (AvgIpc) is 3.08. The van der Waals surface area contributed by atoms with Crippen LogP contribution < -0.4 is 16.4 Å². The van der Waals surface area contributed by atoms with Gasteiger partial charge in [-0.25, -0.2) is 9.79 Å². The van der Waals surface area contributed by atoms with Crippen molar-refractivity contribution >= 4 is 29.9 Å². The second-order valence-corrected chi connectivity index (χ2v) is 10.3. The number of aliphatic hydroxyl groups excluding tert-OH is 1. The number of nitrogens with two attached hydrogens (primary N) is 1. The molecule has 0 bridgehead atoms. The number of carbonyl (C=O) groups is 4. The van der Waals surface area contributed by atoms with Gasteiger partial charge in [0, 0.05) is 25.8 Å². The number of aliphatic hydroxyl groups is 1. The maximum absolute atomic E-state index is 12.6. The molecule has 1 aliphatic rings. The van der Waals surface area contributed by atoms with Gasteiger partial charge in [0.05, 0.1) is 30.1 Å². The van der Waals surface area contributed by atoms with Gasteiger partial charge >= 0.3 is 18.0 Å². The van der Waals surface area contributed by atoms with Crippen molar-refractivity contribution in [3.63, 3.8) is 0 Å². The lowest BCUT2D eigenvalue weighted by molar-refractivity contribution is -0.174. The Bertz CT molecular complexity index is 837. The van der Waals surface area contributed by atoms with Crippen LogP contribution in [0.15, 0.2) is 4.99 Å². The summed E-state index contributed by atoms with van der Waals surface area (Å²) in [5.74, 6) is -3.24. The Morgan fingerprint density at radius 3 is 2.19 bits per heavy atom. The Morgan fingerprint density at radius 2 is 1.70 bits per heavy atom. The van der Waals surface area contributed by atoms with Crippen molar-refractivity contribution in [3.05, 3.63) is 0 Å². The number of guanidine groups is 1. The Kier molecular flexibility index (Phi) is 12.3. The van der Waals surface area contributed by atoms with Gasteiger partial charge in [-0.3, -0.25) is 19.7 Å². The van der Waals surface area contributed by atoms with Gasteiger partial charge < -0.3 is 30.4 Å². The quantitative estimate of drug-likeness (QED) is 0.142. The van der Waals surface area contributed by atoms with Gasteiger partial charge in [0.2, 0.25) is 12.2 Å². The van der Waals surface area contributed by atoms with Crippen molar-refractivity contribution < 1.29 is 38.5 Å². The van der Waals surface area contributed by atoms with Gasteiger partial charge in [-0.05, 0) is 40.0 Å². The van der Waals surface area contributed by atoms with Crippen molar-refractivity contribution in [3.8, 4) is 0 Å². The SMILES string of the molecule is CCOC(=O)[C@H]1C[C@@H](N=C(N)NC(=O)OC(C)OC(=O)C(C)(C)C)[C@H](C(NC(C)=O)C(CC)CC)[C@@H]1O. The van der Waals surface area contributed by atoms with Crippen LogP contribution in [0.4, 0.5) is 4.79 Å². The summed E-state index contributed by atoms with van der Waals surface area (Å²) in [4.78, 5) is 53.2. The molecule has 12 nitrogen and oxygen atoms in total. The largest absolute Gasteiger partial charge is 0.466 e. The highest BCUT2D eigenvalue weighted by Crippen LogP contribution is 2.40. The van der Waals surface area contributed by atoms with E-state index in [-0.39, 0.29) is 30.8 Å². The average molecular weight is 529 g/mol. The Labute approximate surface area is 219 Å². The first kappa shape index (κ1) is 32.1. The van der Waals surface area contributed by atoms with E-state index in [0.717, 1.165) is 12.8 Å². The second-order valence-electron chi connectivity index (χ2n) is 10.3. The molecule has 0 aliphatic heterocycles. The standard InChI is InChI=1S/C25H44N4O8/c1-9-15(10-2)19(27-13(4)30)18-17(12-16(20(18)31)21(32)35-11-3)28-23(26)29-24(34)37-14(5)36-22(33)25(6,7)8/h14-20,31H,9-12H2,1-8H3,(H,27,30)(H3,26,28,29,34)/t14?,16-,17+,18+,19?,20+/m0/s1. The van der Waals surface area contributed by atoms with Crippen LogP contribution in [0.25, 0.3) is 0 Å². The fraction of sp³-hybridized carbons (Fsp3) is 0.800. The third kappa shape index (κ3) is 9.49. The lowest BCUT2D eigenvalue weighted by Crippen LogP contribution is -2.51. The van der Waals surface area contributed by atoms with Crippen LogP contribution in [0.5, 0.6) is 0 Å². The molecule has 0 saturated heterocycles. The molecule has 2 amide bonds. The summed E-state index contributed by atoms with van der Waals surface area (Å²) < 4.78 is 15.3. The number of carbonyl (C=O) groups excluding carboxylic acids is 4. The van der Waals surface area contributed by atoms with E-state index in [9.17, 15) is 24.3 Å². The Morgan fingerprint density at radius 1 is 1.11 bits per heavy atom. The van der Waals surface area contributed by atoms with Gasteiger partial charge in [-0.2, -0.15) is 0 Å². The van der Waals surface area contributed by atoms with E-state index in [0.29, 0.717) is 0 Å². The van der Waals surface area contributed by atoms with E-state index in [4.69, 9.17) is 19.9 Å². The molecule has 0 aromatic heterocycles. The molecule has 0 aromatic carbocycles. The molecule has 1 rings (SSSR count). The number of esters is 2. The number of aliphatic imine (C=N–C) groups is 1. The molecule has 1 aliphatic carbocycles. The van der Waals surface area contributed by atoms with Crippen LogP contribution in [0, 0.1) is 23.2 Å². The summed E-state index contributed by atoms with van der Waals surface area (Å²) in [6, 6.07) is -1.20. The molecule has 2 unspecified atom stereocenters. The van der Waals surface area contributed by atoms with Crippen molar-refractivity contribution in [2.45, 2.75) is 99.1 Å². The summed E-state index contributed by atoms with van der Waals surface area (Å²) in [6.07, 6.45) is -1.77. The molecule has 5 N–H and O–H groups in total. The first-order valence-electron chi connectivity index (χ1n) is 12.8. The molecular formula is C25H44N4O8. The van der Waals surface area contributed by atoms with Gasteiger partial charge in [0.15, 0.2) is 5.96 Å². The van der Waals surface area contributed by atoms with Crippen LogP contribution in [0.3, 0.4) is 0 Å². The predicted molar refractivity (Wildman–Crippen MR) is 136 cm³/mol. The summed E-state index contributed by atoms with van der Waals surface area (Å²) in [7, 11) is 0. The number of nitrogens with zero attached hydrogens (tertiary/aromatic N) is 1. The number of amides is 2. The lowest BCUT2D eigenvalue weighted by Gasteiger charge is -2.35. The van der Waals surface area contributed by atoms with Crippen molar-refractivity contribution in [2.24, 2.45) is 33.9 Å². The molecule has 12 heteroatoms. The highest BCUT2D eigenvalue weighted by atomic mass is 16.7. The zero-order valence-electron chi connectivity index (χ0n) is 23.2. The minimum Gasteiger partial charge on any atom is -0.466 e. The topological polar surface area (TPSA) is 179 Å². The maximum Gasteiger partial charge on any atom is 0.417 e. The van der Waals surface area contributed by atoms with Gasteiger partial charge in [0.25, 0.3) is 0 Å². The molecule has 1 saturated carbocycles. The number of hydrogen-bond acceptors (Lipinski definition) is 9. The molecule has 37 heavy (non-hydrogen) atoms. The van der Waals surface area contributed by atoms with Crippen molar-refractivity contribution in [1.29, 1.82) is 0 Å². The van der Waals surface area contributed by atoms with E-state index in [1.165, 1.54) is 13.8 Å². The highest BCUT2D eigenvalue weighted by molar-refractivity contribution is 5.93. The number of alkyl carbamates (subject to hydrolysis) is 1. The van der Waals surface area contributed by atoms with Crippen LogP contribution in [-0.2, 0) is 28.6 Å². The monoisotopic (exact) mass is 528 g/mol. The zero-order chi connectivity index (χ0) is 28.5. The minimum absolute atomic E-state index is 0.000281. The molecule has 0 spiro atoms. The van der Waals surface area contributed by atoms with Crippen LogP contribution in [0.1, 0.15) is 74.7 Å². The molecule has 1 fully saturated rings. The molecular weight excluding hydrogens is 484 g/mol. The van der Waals surface area contributed by atoms with Crippen molar-refractivity contribution in [1.82, 2.24) is 10.6 Å². The Hall–Kier alpha value is -2.89. The zero-order valence-corrected chi connectivity index (χ0v) is 23.2. The van der Waals surface area contributed by atoms with E-state index in [1.807, 2.05) is 13.8 Å². The van der Waals surface area contributed by atoms with Crippen LogP contribution >= 0.6 is 0 Å². The number of ether oxygens (including phenoxy) is 3. The fourth-order valence-corrected chi connectivity index (χ4v) is 4.53. The Balaban J connectivity index is 3.15. The van der Waals surface area contributed by atoms with Gasteiger partial charge in [0.1, 0.15) is 0 Å². The first-order chi connectivity index (χ1) is 17.2. The second kappa shape index (κ2) is 14.2. The molecule has 212 valence electrons. The summed E-state index contributed by atoms with van der Waals surface area (Å²) in [6.45, 7) is 13.5.